The molecule has 0 aromatic carbocycles. The van der Waals surface area contributed by atoms with Crippen LogP contribution >= 0.6 is 23.5 Å². The molecule has 0 radical (unpaired) electrons. The highest BCUT2D eigenvalue weighted by atomic mass is 31.3. The number of aromatic nitrogens is 4. The van der Waals surface area contributed by atoms with E-state index in [9.17, 15) is 42.7 Å². The quantitative estimate of drug-likeness (QED) is 0.105. The molecule has 0 bridgehead atoms. The van der Waals surface area contributed by atoms with E-state index >= 15 is 0 Å². The van der Waals surface area contributed by atoms with Crippen molar-refractivity contribution in [2.45, 2.75) is 24.2 Å². The van der Waals surface area contributed by atoms with Gasteiger partial charge >= 0.3 is 0 Å². The zero-order valence-corrected chi connectivity index (χ0v) is 19.1. The highest BCUT2D eigenvalue weighted by Gasteiger charge is 2.57. The molecule has 7 atom stereocenters. The molecule has 3 heterocycles. The maximum absolute atomic E-state index is 15.0. The number of imidazole rings is 1. The van der Waals surface area contributed by atoms with Gasteiger partial charge in [0, 0.05) is 4.91 Å². The molecule has 25 heteroatoms. The van der Waals surface area contributed by atoms with Crippen LogP contribution in [0, 0.1) is 0 Å². The summed E-state index contributed by atoms with van der Waals surface area (Å²) in [5.74, 6) is -0.415. The van der Waals surface area contributed by atoms with Crippen LogP contribution < -0.4 is 26.0 Å². The van der Waals surface area contributed by atoms with Crippen LogP contribution in [0.15, 0.2) is 16.2 Å². The minimum absolute atomic E-state index is 0.342. The Morgan fingerprint density at radius 1 is 1.37 bits per heavy atom. The van der Waals surface area contributed by atoms with Crippen LogP contribution in [0.4, 0.5) is 10.3 Å². The Labute approximate surface area is 190 Å². The number of rotatable bonds is 9. The SMILES string of the molecule is [N-]=[N+]=N[C@]1(COP(=O)([O-])OP(=O)([O-])OP(=O)([O-])O)O[C@@H](n2cnc3c(=O)[nH]c(N)nc32)[C@H](F)[C@@H]1O. The Morgan fingerprint density at radius 3 is 2.63 bits per heavy atom. The van der Waals surface area contributed by atoms with Crippen LogP contribution in [0.1, 0.15) is 6.23 Å². The van der Waals surface area contributed by atoms with Crippen molar-refractivity contribution in [3.8, 4) is 0 Å². The van der Waals surface area contributed by atoms with E-state index in [1.807, 2.05) is 0 Å². The molecule has 1 aliphatic rings. The van der Waals surface area contributed by atoms with Crippen molar-refractivity contribution in [3.05, 3.63) is 27.1 Å². The molecule has 3 rings (SSSR count). The number of nitrogens with two attached hydrogens (primary N) is 1. The number of nitrogens with zero attached hydrogens (tertiary/aromatic N) is 6. The second-order valence-corrected chi connectivity index (χ2v) is 10.8. The zero-order chi connectivity index (χ0) is 26.4. The van der Waals surface area contributed by atoms with Gasteiger partial charge in [0.2, 0.25) is 11.7 Å². The average Bonchev–Trinajstić information content (AvgIpc) is 3.19. The maximum Gasteiger partial charge on any atom is 0.280 e. The predicted molar refractivity (Wildman–Crippen MR) is 98.6 cm³/mol. The van der Waals surface area contributed by atoms with Crippen LogP contribution in [-0.4, -0.2) is 54.1 Å². The summed E-state index contributed by atoms with van der Waals surface area (Å²) in [6.07, 6.45) is -6.13. The number of hydrogen-bond acceptors (Lipinski definition) is 16. The first-order valence-corrected chi connectivity index (χ1v) is 12.9. The van der Waals surface area contributed by atoms with Gasteiger partial charge in [0.05, 0.1) is 12.9 Å². The van der Waals surface area contributed by atoms with E-state index in [1.54, 1.807) is 0 Å². The van der Waals surface area contributed by atoms with E-state index in [0.29, 0.717) is 0 Å². The van der Waals surface area contributed by atoms with Gasteiger partial charge in [0.15, 0.2) is 23.6 Å². The molecule has 35 heavy (non-hydrogen) atoms. The van der Waals surface area contributed by atoms with E-state index < -0.39 is 65.8 Å². The molecular weight excluding hydrogens is 552 g/mol. The number of alkyl halides is 1. The summed E-state index contributed by atoms with van der Waals surface area (Å²) in [6.45, 7) is -1.62. The number of aliphatic hydroxyl groups is 1. The Morgan fingerprint density at radius 2 is 2.03 bits per heavy atom. The fourth-order valence-electron chi connectivity index (χ4n) is 2.85. The fourth-order valence-corrected chi connectivity index (χ4v) is 5.76. The molecule has 2 aromatic rings. The van der Waals surface area contributed by atoms with E-state index in [0.717, 1.165) is 10.9 Å². The highest BCUT2D eigenvalue weighted by Crippen LogP contribution is 2.61. The lowest BCUT2D eigenvalue weighted by molar-refractivity contribution is -0.251. The third-order valence-electron chi connectivity index (χ3n) is 4.13. The number of anilines is 1. The second-order valence-electron chi connectivity index (χ2n) is 6.51. The average molecular weight is 563 g/mol. The monoisotopic (exact) mass is 563 g/mol. The van der Waals surface area contributed by atoms with Crippen LogP contribution in [0.5, 0.6) is 0 Å². The van der Waals surface area contributed by atoms with Crippen LogP contribution in [-0.2, 0) is 31.6 Å². The van der Waals surface area contributed by atoms with Crippen LogP contribution in [0.2, 0.25) is 0 Å². The topological polar surface area (TPSA) is 336 Å². The van der Waals surface area contributed by atoms with Gasteiger partial charge in [0.25, 0.3) is 29.0 Å². The molecule has 2 aromatic heterocycles. The number of azide groups is 1. The second kappa shape index (κ2) is 9.30. The maximum atomic E-state index is 15.0. The van der Waals surface area contributed by atoms with E-state index in [1.165, 1.54) is 0 Å². The Balaban J connectivity index is 1.89. The minimum atomic E-state index is -6.27. The van der Waals surface area contributed by atoms with Gasteiger partial charge in [-0.05, 0) is 5.53 Å². The van der Waals surface area contributed by atoms with E-state index in [-0.39, 0.29) is 11.2 Å². The molecule has 1 aliphatic heterocycles. The number of aliphatic hydroxyl groups excluding tert-OH is 1. The van der Waals surface area contributed by atoms with Gasteiger partial charge in [0.1, 0.15) is 6.10 Å². The van der Waals surface area contributed by atoms with Crippen molar-refractivity contribution < 1.29 is 60.6 Å². The molecular formula is C10H11FN8O13P3-3. The van der Waals surface area contributed by atoms with Gasteiger partial charge in [-0.25, -0.2) is 18.0 Å². The lowest BCUT2D eigenvalue weighted by atomic mass is 10.1. The summed E-state index contributed by atoms with van der Waals surface area (Å²) >= 11 is 0. The largest absolute Gasteiger partial charge is 0.756 e. The smallest absolute Gasteiger partial charge is 0.280 e. The number of halogens is 1. The molecule has 0 spiro atoms. The van der Waals surface area contributed by atoms with Gasteiger partial charge in [-0.15, -0.1) is 0 Å². The minimum Gasteiger partial charge on any atom is -0.756 e. The standard InChI is InChI=1S/C10H14FN8O13P3/c11-3-5(20)10(17-18-13,1-29-34(25,26)32-35(27,28)31-33(22,23)24)30-8(3)19-2-14-4-6(19)15-9(12)16-7(4)21/h2-3,5,8,20H,1H2,(H,25,26)(H,27,28)(H2,22,23,24)(H3,12,15,16,21)/p-3/t3-,5+,8-,10-/m1/s1. The van der Waals surface area contributed by atoms with Crippen molar-refractivity contribution in [1.82, 2.24) is 19.5 Å². The lowest BCUT2D eigenvalue weighted by Gasteiger charge is -2.34. The van der Waals surface area contributed by atoms with Crippen molar-refractivity contribution in [2.75, 3.05) is 12.3 Å². The third-order valence-corrected chi connectivity index (χ3v) is 7.80. The molecule has 1 fully saturated rings. The summed E-state index contributed by atoms with van der Waals surface area (Å²) in [5, 5.41) is 13.3. The van der Waals surface area contributed by atoms with Gasteiger partial charge in [-0.1, -0.05) is 5.11 Å². The summed E-state index contributed by atoms with van der Waals surface area (Å²) in [5.41, 5.74) is 9.82. The molecule has 0 saturated carbocycles. The van der Waals surface area contributed by atoms with Gasteiger partial charge in [-0.3, -0.25) is 28.0 Å². The molecule has 0 amide bonds. The predicted octanol–water partition coefficient (Wildman–Crippen LogP) is -2.62. The number of ether oxygens (including phenoxy) is 1. The first-order valence-electron chi connectivity index (χ1n) is 8.51. The van der Waals surface area contributed by atoms with Crippen molar-refractivity contribution in [3.63, 3.8) is 0 Å². The fraction of sp³-hybridized carbons (Fsp3) is 0.500. The number of H-pyrrole nitrogens is 1. The summed E-state index contributed by atoms with van der Waals surface area (Å²) in [6, 6.07) is 0. The number of nitrogens with one attached hydrogen (secondary N) is 1. The van der Waals surface area contributed by atoms with Crippen LogP contribution in [0.25, 0.3) is 21.6 Å². The highest BCUT2D eigenvalue weighted by molar-refractivity contribution is 7.65. The van der Waals surface area contributed by atoms with Crippen LogP contribution in [0.3, 0.4) is 0 Å². The lowest BCUT2D eigenvalue weighted by Crippen LogP contribution is -2.44. The normalized spacial score (nSPS) is 29.7. The van der Waals surface area contributed by atoms with E-state index in [4.69, 9.17) is 20.9 Å². The van der Waals surface area contributed by atoms with E-state index in [2.05, 4.69) is 38.1 Å². The molecule has 21 nitrogen and oxygen atoms in total. The Hall–Kier alpha value is -2.28. The summed E-state index contributed by atoms with van der Waals surface area (Å²) < 4.78 is 65.1. The van der Waals surface area contributed by atoms with Gasteiger partial charge < -0.3 is 39.7 Å². The number of phosphoric acid groups is 3. The number of aromatic amines is 1. The first kappa shape index (κ1) is 27.3. The molecule has 0 aliphatic carbocycles. The number of phosphoric ester groups is 1. The number of hydrogen-bond donors (Lipinski definition) is 4. The first-order chi connectivity index (χ1) is 16.0. The molecule has 3 unspecified atom stereocenters. The molecule has 1 saturated heterocycles. The van der Waals surface area contributed by atoms with Crippen molar-refractivity contribution in [2.24, 2.45) is 5.11 Å². The number of fused-ring (bicyclic) bond motifs is 1. The number of nitrogen functional groups attached to an aromatic ring is 1. The molecule has 5 N–H and O–H groups in total. The van der Waals surface area contributed by atoms with Gasteiger partial charge in [-0.2, -0.15) is 4.98 Å². The summed E-state index contributed by atoms with van der Waals surface area (Å²) in [7, 11) is -18.4. The third kappa shape index (κ3) is 5.93. The summed E-state index contributed by atoms with van der Waals surface area (Å²) in [4.78, 5) is 65.7. The zero-order valence-electron chi connectivity index (χ0n) is 16.4. The Kier molecular flexibility index (Phi) is 7.26. The molecule has 194 valence electrons. The Bertz CT molecular complexity index is 1390. The van der Waals surface area contributed by atoms with Crippen molar-refractivity contribution >= 4 is 40.6 Å². The van der Waals surface area contributed by atoms with Crippen molar-refractivity contribution in [1.29, 1.82) is 0 Å².